The van der Waals surface area contributed by atoms with Gasteiger partial charge in [-0.15, -0.1) is 11.3 Å². The van der Waals surface area contributed by atoms with Crippen LogP contribution in [0.3, 0.4) is 0 Å². The largest absolute Gasteiger partial charge is 0.352 e. The zero-order valence-corrected chi connectivity index (χ0v) is 21.2. The number of anilines is 1. The number of amides is 1. The number of piperidine rings is 1. The van der Waals surface area contributed by atoms with Crippen molar-refractivity contribution >= 4 is 33.4 Å². The fourth-order valence-corrected chi connectivity index (χ4v) is 5.42. The smallest absolute Gasteiger partial charge is 0.277 e. The molecule has 1 amide bonds. The number of benzene rings is 2. The van der Waals surface area contributed by atoms with Crippen LogP contribution in [-0.4, -0.2) is 28.5 Å². The van der Waals surface area contributed by atoms with Crippen LogP contribution in [0, 0.1) is 26.7 Å². The number of aryl methyl sites for hydroxylation is 3. The molecule has 1 aliphatic heterocycles. The molecule has 0 spiro atoms. The highest BCUT2D eigenvalue weighted by atomic mass is 32.1. The molecule has 2 aromatic carbocycles. The molecule has 35 heavy (non-hydrogen) atoms. The number of rotatable bonds is 5. The van der Waals surface area contributed by atoms with E-state index in [1.54, 1.807) is 4.57 Å². The molecule has 0 unspecified atom stereocenters. The molecule has 1 N–H and O–H groups in total. The summed E-state index contributed by atoms with van der Waals surface area (Å²) in [4.78, 5) is 33.6. The predicted octanol–water partition coefficient (Wildman–Crippen LogP) is 4.91. The molecule has 1 fully saturated rings. The first-order valence-corrected chi connectivity index (χ1v) is 12.9. The van der Waals surface area contributed by atoms with Crippen molar-refractivity contribution in [1.29, 1.82) is 0 Å². The molecule has 3 heterocycles. The van der Waals surface area contributed by atoms with E-state index in [2.05, 4.69) is 42.3 Å². The van der Waals surface area contributed by atoms with E-state index in [0.29, 0.717) is 29.3 Å². The predicted molar refractivity (Wildman–Crippen MR) is 143 cm³/mol. The zero-order valence-electron chi connectivity index (χ0n) is 20.4. The van der Waals surface area contributed by atoms with Crippen molar-refractivity contribution in [2.24, 2.45) is 5.92 Å². The van der Waals surface area contributed by atoms with Crippen LogP contribution in [0.5, 0.6) is 0 Å². The lowest BCUT2D eigenvalue weighted by Gasteiger charge is -2.34. The van der Waals surface area contributed by atoms with E-state index >= 15 is 0 Å². The number of aromatic nitrogens is 2. The first-order valence-electron chi connectivity index (χ1n) is 12.1. The summed E-state index contributed by atoms with van der Waals surface area (Å²) in [6.45, 7) is 8.02. The van der Waals surface area contributed by atoms with Gasteiger partial charge >= 0.3 is 0 Å². The summed E-state index contributed by atoms with van der Waals surface area (Å²) < 4.78 is 2.35. The molecular formula is C28H30N4O2S. The molecule has 6 nitrogen and oxygen atoms in total. The molecule has 7 heteroatoms. The molecule has 4 aromatic rings. The summed E-state index contributed by atoms with van der Waals surface area (Å²) in [5.74, 6) is 0.502. The van der Waals surface area contributed by atoms with Gasteiger partial charge < -0.3 is 10.2 Å². The van der Waals surface area contributed by atoms with E-state index in [-0.39, 0.29) is 17.4 Å². The van der Waals surface area contributed by atoms with Crippen molar-refractivity contribution in [3.63, 3.8) is 0 Å². The summed E-state index contributed by atoms with van der Waals surface area (Å²) in [6.07, 6.45) is 1.69. The highest BCUT2D eigenvalue weighted by Crippen LogP contribution is 2.27. The number of carbonyl (C=O) groups is 1. The van der Waals surface area contributed by atoms with Crippen LogP contribution in [0.4, 0.5) is 5.95 Å². The third-order valence-corrected chi connectivity index (χ3v) is 7.76. The highest BCUT2D eigenvalue weighted by Gasteiger charge is 2.29. The number of fused-ring (bicyclic) bond motifs is 1. The molecule has 5 rings (SSSR count). The first-order chi connectivity index (χ1) is 16.9. The molecule has 0 aliphatic carbocycles. The Kier molecular flexibility index (Phi) is 6.43. The Hall–Kier alpha value is -3.45. The van der Waals surface area contributed by atoms with E-state index in [9.17, 15) is 9.59 Å². The standard InChI is InChI=1S/C28H30N4O2S/c1-18-6-10-23(11-7-18)32-27(34)25-24(12-14-35-25)30-28(32)31-13-4-5-22(17-31)26(33)29-16-21-9-8-19(2)20(3)15-21/h6-12,14-15,22H,4-5,13,16-17H2,1-3H3,(H,29,33)/t22-/m0/s1. The fourth-order valence-electron chi connectivity index (χ4n) is 4.66. The third kappa shape index (κ3) is 4.73. The second-order valence-electron chi connectivity index (χ2n) is 9.44. The van der Waals surface area contributed by atoms with E-state index in [4.69, 9.17) is 4.98 Å². The van der Waals surface area contributed by atoms with Crippen molar-refractivity contribution in [2.45, 2.75) is 40.2 Å². The van der Waals surface area contributed by atoms with Gasteiger partial charge in [-0.3, -0.25) is 9.59 Å². The van der Waals surface area contributed by atoms with E-state index in [1.807, 2.05) is 42.6 Å². The molecule has 0 radical (unpaired) electrons. The Morgan fingerprint density at radius 2 is 1.89 bits per heavy atom. The minimum Gasteiger partial charge on any atom is -0.352 e. The van der Waals surface area contributed by atoms with E-state index in [1.165, 1.54) is 22.5 Å². The number of thiophene rings is 1. The number of hydrogen-bond donors (Lipinski definition) is 1. The summed E-state index contributed by atoms with van der Waals surface area (Å²) in [7, 11) is 0. The van der Waals surface area contributed by atoms with Crippen molar-refractivity contribution in [3.8, 4) is 5.69 Å². The maximum atomic E-state index is 13.5. The molecule has 1 atom stereocenters. The maximum Gasteiger partial charge on any atom is 0.277 e. The summed E-state index contributed by atoms with van der Waals surface area (Å²) in [5.41, 5.74) is 6.14. The first kappa shape index (κ1) is 23.3. The second-order valence-corrected chi connectivity index (χ2v) is 10.4. The molecule has 2 aromatic heterocycles. The van der Waals surface area contributed by atoms with Gasteiger partial charge in [0.15, 0.2) is 0 Å². The third-order valence-electron chi connectivity index (χ3n) is 6.87. The molecule has 1 aliphatic rings. The van der Waals surface area contributed by atoms with Gasteiger partial charge in [-0.2, -0.15) is 0 Å². The Labute approximate surface area is 209 Å². The van der Waals surface area contributed by atoms with Gasteiger partial charge in [-0.1, -0.05) is 35.9 Å². The Morgan fingerprint density at radius 3 is 2.66 bits per heavy atom. The molecule has 0 bridgehead atoms. The number of carbonyl (C=O) groups excluding carboxylic acids is 1. The molecule has 0 saturated carbocycles. The van der Waals surface area contributed by atoms with Gasteiger partial charge in [0.05, 0.1) is 17.1 Å². The summed E-state index contributed by atoms with van der Waals surface area (Å²) in [5, 5.41) is 5.03. The Bertz CT molecular complexity index is 1440. The quantitative estimate of drug-likeness (QED) is 0.436. The van der Waals surface area contributed by atoms with Crippen molar-refractivity contribution in [1.82, 2.24) is 14.9 Å². The van der Waals surface area contributed by atoms with E-state index < -0.39 is 0 Å². The van der Waals surface area contributed by atoms with Crippen LogP contribution >= 0.6 is 11.3 Å². The minimum atomic E-state index is -0.156. The average Bonchev–Trinajstić information content (AvgIpc) is 3.34. The lowest BCUT2D eigenvalue weighted by atomic mass is 9.97. The molecule has 1 saturated heterocycles. The number of nitrogens with one attached hydrogen (secondary N) is 1. The lowest BCUT2D eigenvalue weighted by Crippen LogP contribution is -2.45. The van der Waals surface area contributed by atoms with Crippen LogP contribution in [0.25, 0.3) is 15.9 Å². The Morgan fingerprint density at radius 1 is 1.09 bits per heavy atom. The summed E-state index contributed by atoms with van der Waals surface area (Å²) in [6, 6.07) is 16.1. The van der Waals surface area contributed by atoms with Gasteiger partial charge in [0, 0.05) is 19.6 Å². The van der Waals surface area contributed by atoms with Gasteiger partial charge in [-0.25, -0.2) is 9.55 Å². The topological polar surface area (TPSA) is 67.2 Å². The average molecular weight is 487 g/mol. The van der Waals surface area contributed by atoms with Crippen molar-refractivity contribution in [2.75, 3.05) is 18.0 Å². The summed E-state index contributed by atoms with van der Waals surface area (Å²) >= 11 is 1.41. The normalized spacial score (nSPS) is 16.0. The molecular weight excluding hydrogens is 456 g/mol. The van der Waals surface area contributed by atoms with Crippen LogP contribution in [-0.2, 0) is 11.3 Å². The van der Waals surface area contributed by atoms with Crippen LogP contribution in [0.1, 0.15) is 35.1 Å². The number of hydrogen-bond acceptors (Lipinski definition) is 5. The van der Waals surface area contributed by atoms with Gasteiger partial charge in [-0.05, 0) is 73.9 Å². The zero-order chi connectivity index (χ0) is 24.5. The van der Waals surface area contributed by atoms with E-state index in [0.717, 1.165) is 36.2 Å². The fraction of sp³-hybridized carbons (Fsp3) is 0.321. The van der Waals surface area contributed by atoms with Crippen LogP contribution in [0.2, 0.25) is 0 Å². The Balaban J connectivity index is 1.41. The van der Waals surface area contributed by atoms with Crippen molar-refractivity contribution < 1.29 is 4.79 Å². The SMILES string of the molecule is Cc1ccc(-n2c(N3CCC[C@H](C(=O)NCc4ccc(C)c(C)c4)C3)nc3ccsc3c2=O)cc1. The van der Waals surface area contributed by atoms with Crippen molar-refractivity contribution in [3.05, 3.63) is 86.5 Å². The lowest BCUT2D eigenvalue weighted by molar-refractivity contribution is -0.125. The second kappa shape index (κ2) is 9.66. The van der Waals surface area contributed by atoms with Crippen LogP contribution in [0.15, 0.2) is 58.7 Å². The van der Waals surface area contributed by atoms with Gasteiger partial charge in [0.25, 0.3) is 5.56 Å². The molecule has 180 valence electrons. The number of nitrogens with zero attached hydrogens (tertiary/aromatic N) is 3. The minimum absolute atomic E-state index is 0.0498. The monoisotopic (exact) mass is 486 g/mol. The van der Waals surface area contributed by atoms with Gasteiger partial charge in [0.1, 0.15) is 4.70 Å². The highest BCUT2D eigenvalue weighted by molar-refractivity contribution is 7.17. The van der Waals surface area contributed by atoms with Crippen LogP contribution < -0.4 is 15.8 Å². The van der Waals surface area contributed by atoms with Gasteiger partial charge in [0.2, 0.25) is 11.9 Å². The maximum absolute atomic E-state index is 13.5.